The van der Waals surface area contributed by atoms with Gasteiger partial charge >= 0.3 is 0 Å². The summed E-state index contributed by atoms with van der Waals surface area (Å²) in [7, 11) is 0. The summed E-state index contributed by atoms with van der Waals surface area (Å²) in [5.41, 5.74) is 1.19. The van der Waals surface area contributed by atoms with Crippen molar-refractivity contribution in [2.75, 3.05) is 0 Å². The third kappa shape index (κ3) is 3.90. The van der Waals surface area contributed by atoms with Crippen LogP contribution in [0.5, 0.6) is 0 Å². The van der Waals surface area contributed by atoms with Gasteiger partial charge < -0.3 is 4.42 Å². The molecular weight excluding hydrogens is 346 g/mol. The highest BCUT2D eigenvalue weighted by Gasteiger charge is 2.26. The fourth-order valence-electron chi connectivity index (χ4n) is 3.24. The first kappa shape index (κ1) is 17.1. The van der Waals surface area contributed by atoms with E-state index in [0.717, 1.165) is 36.0 Å². The molecule has 0 bridgehead atoms. The standard InChI is InChI=1S/C20H21N3O2S/c24-17-10-4-5-11-18(17)26-20-22-21-19(13-15-7-2-1-3-8-15)23(20)14-16-9-6-12-25-16/h1-3,6-9,12,18H,4-5,10-11,13-14H2/t18-/m1/s1. The van der Waals surface area contributed by atoms with Crippen molar-refractivity contribution in [2.45, 2.75) is 49.1 Å². The van der Waals surface area contributed by atoms with Gasteiger partial charge in [-0.3, -0.25) is 9.36 Å². The Morgan fingerprint density at radius 2 is 2.00 bits per heavy atom. The van der Waals surface area contributed by atoms with E-state index in [9.17, 15) is 4.79 Å². The third-order valence-electron chi connectivity index (χ3n) is 4.64. The van der Waals surface area contributed by atoms with E-state index < -0.39 is 0 Å². The average molecular weight is 367 g/mol. The zero-order valence-corrected chi connectivity index (χ0v) is 15.3. The molecule has 0 aliphatic heterocycles. The highest BCUT2D eigenvalue weighted by Crippen LogP contribution is 2.31. The van der Waals surface area contributed by atoms with Crippen LogP contribution in [-0.4, -0.2) is 25.8 Å². The Morgan fingerprint density at radius 1 is 1.12 bits per heavy atom. The van der Waals surface area contributed by atoms with Crippen molar-refractivity contribution in [1.82, 2.24) is 14.8 Å². The number of Topliss-reactive ketones (excluding diaryl/α,β-unsaturated/α-hetero) is 1. The van der Waals surface area contributed by atoms with Gasteiger partial charge in [-0.15, -0.1) is 10.2 Å². The molecule has 5 nitrogen and oxygen atoms in total. The van der Waals surface area contributed by atoms with Crippen LogP contribution in [0.25, 0.3) is 0 Å². The predicted molar refractivity (Wildman–Crippen MR) is 100 cm³/mol. The van der Waals surface area contributed by atoms with Crippen LogP contribution in [0, 0.1) is 0 Å². The Labute approximate surface area is 156 Å². The van der Waals surface area contributed by atoms with Gasteiger partial charge in [0.1, 0.15) is 17.4 Å². The number of hydrogen-bond acceptors (Lipinski definition) is 5. The van der Waals surface area contributed by atoms with Crippen molar-refractivity contribution in [2.24, 2.45) is 0 Å². The van der Waals surface area contributed by atoms with Crippen molar-refractivity contribution in [1.29, 1.82) is 0 Å². The fraction of sp³-hybridized carbons (Fsp3) is 0.350. The Morgan fingerprint density at radius 3 is 2.77 bits per heavy atom. The highest BCUT2D eigenvalue weighted by atomic mass is 32.2. The zero-order chi connectivity index (χ0) is 17.8. The van der Waals surface area contributed by atoms with E-state index >= 15 is 0 Å². The van der Waals surface area contributed by atoms with Gasteiger partial charge in [-0.1, -0.05) is 48.5 Å². The van der Waals surface area contributed by atoms with Crippen LogP contribution in [0.15, 0.2) is 58.3 Å². The highest BCUT2D eigenvalue weighted by molar-refractivity contribution is 8.00. The molecule has 0 saturated heterocycles. The maximum atomic E-state index is 12.2. The summed E-state index contributed by atoms with van der Waals surface area (Å²) in [6, 6.07) is 14.1. The van der Waals surface area contributed by atoms with Gasteiger partial charge in [0.15, 0.2) is 5.16 Å². The molecule has 1 saturated carbocycles. The maximum Gasteiger partial charge on any atom is 0.192 e. The van der Waals surface area contributed by atoms with Gasteiger partial charge in [-0.2, -0.15) is 0 Å². The van der Waals surface area contributed by atoms with Crippen LogP contribution in [0.4, 0.5) is 0 Å². The van der Waals surface area contributed by atoms with Crippen LogP contribution in [0.1, 0.15) is 42.8 Å². The molecular formula is C20H21N3O2S. The van der Waals surface area contributed by atoms with Crippen LogP contribution in [-0.2, 0) is 17.8 Å². The minimum atomic E-state index is -0.00660. The molecule has 0 N–H and O–H groups in total. The minimum absolute atomic E-state index is 0.00660. The molecule has 2 heterocycles. The summed E-state index contributed by atoms with van der Waals surface area (Å²) in [5.74, 6) is 2.08. The third-order valence-corrected chi connectivity index (χ3v) is 5.93. The Balaban J connectivity index is 1.61. The molecule has 1 aromatic carbocycles. The average Bonchev–Trinajstić information content (AvgIpc) is 3.30. The molecule has 0 radical (unpaired) electrons. The van der Waals surface area contributed by atoms with E-state index in [4.69, 9.17) is 4.42 Å². The van der Waals surface area contributed by atoms with E-state index in [2.05, 4.69) is 26.9 Å². The molecule has 1 aliphatic rings. The molecule has 1 fully saturated rings. The molecule has 1 atom stereocenters. The second-order valence-electron chi connectivity index (χ2n) is 6.55. The van der Waals surface area contributed by atoms with Crippen LogP contribution < -0.4 is 0 Å². The second-order valence-corrected chi connectivity index (χ2v) is 7.72. The molecule has 134 valence electrons. The van der Waals surface area contributed by atoms with Gasteiger partial charge in [-0.25, -0.2) is 0 Å². The lowest BCUT2D eigenvalue weighted by Crippen LogP contribution is -2.22. The first-order valence-electron chi connectivity index (χ1n) is 8.97. The molecule has 0 spiro atoms. The number of ketones is 1. The molecule has 1 aliphatic carbocycles. The number of rotatable bonds is 6. The summed E-state index contributed by atoms with van der Waals surface area (Å²) >= 11 is 1.55. The number of hydrogen-bond donors (Lipinski definition) is 0. The van der Waals surface area contributed by atoms with E-state index in [-0.39, 0.29) is 5.25 Å². The molecule has 6 heteroatoms. The molecule has 0 unspecified atom stereocenters. The molecule has 0 amide bonds. The summed E-state index contributed by atoms with van der Waals surface area (Å²) < 4.78 is 7.61. The zero-order valence-electron chi connectivity index (χ0n) is 14.5. The van der Waals surface area contributed by atoms with Crippen molar-refractivity contribution in [3.63, 3.8) is 0 Å². The lowest BCUT2D eigenvalue weighted by Gasteiger charge is -2.19. The predicted octanol–water partition coefficient (Wildman–Crippen LogP) is 4.11. The lowest BCUT2D eigenvalue weighted by molar-refractivity contribution is -0.119. The largest absolute Gasteiger partial charge is 0.467 e. The number of nitrogens with zero attached hydrogens (tertiary/aromatic N) is 3. The number of carbonyl (C=O) groups is 1. The minimum Gasteiger partial charge on any atom is -0.467 e. The van der Waals surface area contributed by atoms with Crippen molar-refractivity contribution >= 4 is 17.5 Å². The summed E-state index contributed by atoms with van der Waals surface area (Å²) in [6.07, 6.45) is 6.09. The van der Waals surface area contributed by atoms with Crippen LogP contribution in [0.3, 0.4) is 0 Å². The van der Waals surface area contributed by atoms with Gasteiger partial charge in [0.05, 0.1) is 18.1 Å². The van der Waals surface area contributed by atoms with Crippen molar-refractivity contribution in [3.05, 3.63) is 65.9 Å². The number of furan rings is 1. The number of benzene rings is 1. The molecule has 3 aromatic rings. The quantitative estimate of drug-likeness (QED) is 0.656. The first-order valence-corrected chi connectivity index (χ1v) is 9.85. The smallest absolute Gasteiger partial charge is 0.192 e. The van der Waals surface area contributed by atoms with E-state index in [1.54, 1.807) is 18.0 Å². The topological polar surface area (TPSA) is 60.9 Å². The SMILES string of the molecule is O=C1CCCC[C@H]1Sc1nnc(Cc2ccccc2)n1Cc1ccco1. The van der Waals surface area contributed by atoms with Gasteiger partial charge in [-0.05, 0) is 30.5 Å². The van der Waals surface area contributed by atoms with Gasteiger partial charge in [0, 0.05) is 12.8 Å². The molecule has 4 rings (SSSR count). The Kier molecular flexibility index (Phi) is 5.20. The first-order chi connectivity index (χ1) is 12.8. The van der Waals surface area contributed by atoms with Crippen LogP contribution in [0.2, 0.25) is 0 Å². The number of aromatic nitrogens is 3. The second kappa shape index (κ2) is 7.91. The van der Waals surface area contributed by atoms with Crippen LogP contribution >= 0.6 is 11.8 Å². The normalized spacial score (nSPS) is 17.5. The van der Waals surface area contributed by atoms with E-state index in [1.807, 2.05) is 30.3 Å². The Bertz CT molecular complexity index is 859. The maximum absolute atomic E-state index is 12.2. The summed E-state index contributed by atoms with van der Waals surface area (Å²) in [6.45, 7) is 0.575. The Hall–Kier alpha value is -2.34. The van der Waals surface area contributed by atoms with Crippen molar-refractivity contribution < 1.29 is 9.21 Å². The summed E-state index contributed by atoms with van der Waals surface area (Å²) in [4.78, 5) is 12.2. The number of thioether (sulfide) groups is 1. The van der Waals surface area contributed by atoms with E-state index in [0.29, 0.717) is 25.2 Å². The molecule has 26 heavy (non-hydrogen) atoms. The number of carbonyl (C=O) groups excluding carboxylic acids is 1. The monoisotopic (exact) mass is 367 g/mol. The van der Waals surface area contributed by atoms with Gasteiger partial charge in [0.2, 0.25) is 0 Å². The fourth-order valence-corrected chi connectivity index (χ4v) is 4.41. The lowest BCUT2D eigenvalue weighted by atomic mass is 9.99. The van der Waals surface area contributed by atoms with Gasteiger partial charge in [0.25, 0.3) is 0 Å². The van der Waals surface area contributed by atoms with E-state index in [1.165, 1.54) is 5.56 Å². The van der Waals surface area contributed by atoms with Crippen molar-refractivity contribution in [3.8, 4) is 0 Å². The molecule has 2 aromatic heterocycles. The summed E-state index contributed by atoms with van der Waals surface area (Å²) in [5, 5.41) is 9.62.